The molecule has 0 bridgehead atoms. The number of carbonyl (C=O) groups is 1. The lowest BCUT2D eigenvalue weighted by atomic mass is 9.95. The van der Waals surface area contributed by atoms with Gasteiger partial charge in [0.2, 0.25) is 0 Å². The molecule has 40 heavy (non-hydrogen) atoms. The first kappa shape index (κ1) is 28.9. The van der Waals surface area contributed by atoms with Crippen molar-refractivity contribution in [3.05, 3.63) is 78.5 Å². The molecule has 4 rings (SSSR count). The number of thiazole rings is 1. The fraction of sp³-hybridized carbons (Fsp3) is 0.367. The molecule has 212 valence electrons. The largest absolute Gasteiger partial charge is 0.493 e. The van der Waals surface area contributed by atoms with E-state index in [1.54, 1.807) is 70.1 Å². The molecule has 9 nitrogen and oxygen atoms in total. The summed E-state index contributed by atoms with van der Waals surface area (Å²) in [6.45, 7) is 6.35. The minimum absolute atomic E-state index is 0.194. The Kier molecular flexibility index (Phi) is 9.31. The summed E-state index contributed by atoms with van der Waals surface area (Å²) in [5.74, 6) is 1.73. The first-order valence-electron chi connectivity index (χ1n) is 13.1. The Labute approximate surface area is 236 Å². The van der Waals surface area contributed by atoms with Gasteiger partial charge >= 0.3 is 5.97 Å². The van der Waals surface area contributed by atoms with Crippen molar-refractivity contribution < 1.29 is 28.5 Å². The number of hydrogen-bond donors (Lipinski definition) is 0. The van der Waals surface area contributed by atoms with E-state index in [4.69, 9.17) is 23.7 Å². The van der Waals surface area contributed by atoms with Crippen molar-refractivity contribution in [1.29, 1.82) is 0 Å². The molecule has 0 aliphatic carbocycles. The minimum atomic E-state index is -0.763. The van der Waals surface area contributed by atoms with Crippen LogP contribution in [0.25, 0.3) is 6.08 Å². The van der Waals surface area contributed by atoms with Gasteiger partial charge in [0.15, 0.2) is 27.8 Å². The monoisotopic (exact) mass is 566 g/mol. The van der Waals surface area contributed by atoms with Crippen LogP contribution in [0.4, 0.5) is 0 Å². The van der Waals surface area contributed by atoms with Crippen molar-refractivity contribution in [2.45, 2.75) is 39.7 Å². The summed E-state index contributed by atoms with van der Waals surface area (Å²) < 4.78 is 29.7. The Balaban J connectivity index is 1.89. The zero-order chi connectivity index (χ0) is 28.8. The predicted octanol–water partition coefficient (Wildman–Crippen LogP) is 4.00. The molecule has 0 fully saturated rings. The fourth-order valence-electron chi connectivity index (χ4n) is 4.50. The number of methoxy groups -OCH3 is 3. The molecule has 0 saturated carbocycles. The SMILES string of the molecule is CCCCOc1ccc(C2C(C(=O)OCC)=C(C)N=c3s/c(=C\c4ccc(OC)c(OC)c4)c(=O)n32)cc1OC. The lowest BCUT2D eigenvalue weighted by molar-refractivity contribution is -0.139. The third-order valence-corrected chi connectivity index (χ3v) is 7.46. The molecule has 1 atom stereocenters. The normalized spacial score (nSPS) is 14.8. The van der Waals surface area contributed by atoms with Crippen LogP contribution in [0.1, 0.15) is 50.8 Å². The molecule has 3 aromatic rings. The van der Waals surface area contributed by atoms with Gasteiger partial charge in [-0.25, -0.2) is 9.79 Å². The first-order valence-corrected chi connectivity index (χ1v) is 13.9. The van der Waals surface area contributed by atoms with Crippen molar-refractivity contribution in [2.24, 2.45) is 4.99 Å². The highest BCUT2D eigenvalue weighted by atomic mass is 32.1. The van der Waals surface area contributed by atoms with Crippen LogP contribution in [0.15, 0.2) is 57.5 Å². The van der Waals surface area contributed by atoms with E-state index in [1.165, 1.54) is 11.3 Å². The smallest absolute Gasteiger partial charge is 0.338 e. The van der Waals surface area contributed by atoms with E-state index in [1.807, 2.05) is 12.1 Å². The van der Waals surface area contributed by atoms with E-state index < -0.39 is 12.0 Å². The summed E-state index contributed by atoms with van der Waals surface area (Å²) in [6.07, 6.45) is 3.69. The molecule has 0 N–H and O–H groups in total. The van der Waals surface area contributed by atoms with Crippen LogP contribution in [-0.4, -0.2) is 45.1 Å². The van der Waals surface area contributed by atoms with Crippen LogP contribution in [0, 0.1) is 0 Å². The number of benzene rings is 2. The lowest BCUT2D eigenvalue weighted by Gasteiger charge is -2.25. The molecule has 1 aliphatic rings. The van der Waals surface area contributed by atoms with E-state index in [0.717, 1.165) is 18.4 Å². The summed E-state index contributed by atoms with van der Waals surface area (Å²) in [4.78, 5) is 32.2. The number of hydrogen-bond acceptors (Lipinski definition) is 9. The summed E-state index contributed by atoms with van der Waals surface area (Å²) in [5, 5.41) is 0. The predicted molar refractivity (Wildman–Crippen MR) is 153 cm³/mol. The quantitative estimate of drug-likeness (QED) is 0.256. The lowest BCUT2D eigenvalue weighted by Crippen LogP contribution is -2.40. The molecular weight excluding hydrogens is 532 g/mol. The third kappa shape index (κ3) is 5.77. The maximum atomic E-state index is 13.9. The van der Waals surface area contributed by atoms with Gasteiger partial charge in [-0.05, 0) is 61.7 Å². The fourth-order valence-corrected chi connectivity index (χ4v) is 5.55. The minimum Gasteiger partial charge on any atom is -0.493 e. The number of unbranched alkanes of at least 4 members (excludes halogenated alkanes) is 1. The zero-order valence-corrected chi connectivity index (χ0v) is 24.4. The number of esters is 1. The molecule has 1 aromatic heterocycles. The second kappa shape index (κ2) is 12.9. The van der Waals surface area contributed by atoms with Crippen LogP contribution in [0.5, 0.6) is 23.0 Å². The summed E-state index contributed by atoms with van der Waals surface area (Å²) in [6, 6.07) is 10.1. The van der Waals surface area contributed by atoms with Gasteiger partial charge in [0, 0.05) is 0 Å². The molecule has 2 aromatic carbocycles. The van der Waals surface area contributed by atoms with Crippen molar-refractivity contribution >= 4 is 23.4 Å². The van der Waals surface area contributed by atoms with E-state index in [2.05, 4.69) is 11.9 Å². The Bertz CT molecular complexity index is 1600. The van der Waals surface area contributed by atoms with Gasteiger partial charge in [0.1, 0.15) is 0 Å². The summed E-state index contributed by atoms with van der Waals surface area (Å²) >= 11 is 1.25. The zero-order valence-electron chi connectivity index (χ0n) is 23.6. The average Bonchev–Trinajstić information content (AvgIpc) is 3.26. The maximum Gasteiger partial charge on any atom is 0.338 e. The topological polar surface area (TPSA) is 97.6 Å². The van der Waals surface area contributed by atoms with Gasteiger partial charge in [0.05, 0.1) is 56.4 Å². The van der Waals surface area contributed by atoms with Gasteiger partial charge in [-0.2, -0.15) is 0 Å². The van der Waals surface area contributed by atoms with Crippen molar-refractivity contribution in [3.63, 3.8) is 0 Å². The number of nitrogens with zero attached hydrogens (tertiary/aromatic N) is 2. The number of allylic oxidation sites excluding steroid dienone is 1. The number of fused-ring (bicyclic) bond motifs is 1. The van der Waals surface area contributed by atoms with Crippen LogP contribution < -0.4 is 33.8 Å². The van der Waals surface area contributed by atoms with Crippen LogP contribution in [0.3, 0.4) is 0 Å². The summed E-state index contributed by atoms with van der Waals surface area (Å²) in [5.41, 5.74) is 1.95. The molecular formula is C30H34N2O7S. The van der Waals surface area contributed by atoms with Crippen LogP contribution >= 0.6 is 11.3 Å². The van der Waals surface area contributed by atoms with Crippen molar-refractivity contribution in [1.82, 2.24) is 4.57 Å². The Hall–Kier alpha value is -4.05. The van der Waals surface area contributed by atoms with Gasteiger partial charge < -0.3 is 23.7 Å². The molecule has 1 unspecified atom stereocenters. The first-order chi connectivity index (χ1) is 19.4. The standard InChI is InChI=1S/C30H34N2O7S/c1-7-9-14-39-22-13-11-20(17-24(22)37-6)27-26(29(34)38-8-2)18(3)31-30-32(27)28(33)25(40-30)16-19-10-12-21(35-4)23(15-19)36-5/h10-13,15-17,27H,7-9,14H2,1-6H3/b25-16-. The average molecular weight is 567 g/mol. The molecule has 1 aliphatic heterocycles. The Morgan fingerprint density at radius 1 is 1.00 bits per heavy atom. The van der Waals surface area contributed by atoms with E-state index in [0.29, 0.717) is 55.8 Å². The van der Waals surface area contributed by atoms with Crippen LogP contribution in [-0.2, 0) is 9.53 Å². The highest BCUT2D eigenvalue weighted by molar-refractivity contribution is 7.07. The molecule has 2 heterocycles. The van der Waals surface area contributed by atoms with Crippen molar-refractivity contribution in [3.8, 4) is 23.0 Å². The van der Waals surface area contributed by atoms with Gasteiger partial charge in [-0.15, -0.1) is 0 Å². The Morgan fingerprint density at radius 3 is 2.38 bits per heavy atom. The third-order valence-electron chi connectivity index (χ3n) is 6.48. The van der Waals surface area contributed by atoms with E-state index >= 15 is 0 Å². The maximum absolute atomic E-state index is 13.9. The number of rotatable bonds is 11. The van der Waals surface area contributed by atoms with Gasteiger partial charge in [-0.3, -0.25) is 9.36 Å². The van der Waals surface area contributed by atoms with Crippen molar-refractivity contribution in [2.75, 3.05) is 34.5 Å². The molecule has 0 saturated heterocycles. The van der Waals surface area contributed by atoms with Gasteiger partial charge in [0.25, 0.3) is 5.56 Å². The second-order valence-electron chi connectivity index (χ2n) is 9.03. The van der Waals surface area contributed by atoms with Gasteiger partial charge in [-0.1, -0.05) is 36.8 Å². The van der Waals surface area contributed by atoms with Crippen LogP contribution in [0.2, 0.25) is 0 Å². The number of ether oxygens (including phenoxy) is 5. The Morgan fingerprint density at radius 2 is 1.70 bits per heavy atom. The van der Waals surface area contributed by atoms with E-state index in [-0.39, 0.29) is 12.2 Å². The highest BCUT2D eigenvalue weighted by Crippen LogP contribution is 2.36. The summed E-state index contributed by atoms with van der Waals surface area (Å²) in [7, 11) is 4.69. The second-order valence-corrected chi connectivity index (χ2v) is 10.0. The number of carbonyl (C=O) groups excluding carboxylic acids is 1. The highest BCUT2D eigenvalue weighted by Gasteiger charge is 2.34. The molecule has 10 heteroatoms. The number of aromatic nitrogens is 1. The van der Waals surface area contributed by atoms with E-state index in [9.17, 15) is 9.59 Å². The molecule has 0 amide bonds. The molecule has 0 radical (unpaired) electrons. The molecule has 0 spiro atoms.